The third-order valence-corrected chi connectivity index (χ3v) is 6.21. The van der Waals surface area contributed by atoms with Gasteiger partial charge in [0.25, 0.3) is 5.91 Å². The van der Waals surface area contributed by atoms with Gasteiger partial charge in [-0.15, -0.1) is 0 Å². The van der Waals surface area contributed by atoms with E-state index < -0.39 is 15.9 Å². The van der Waals surface area contributed by atoms with E-state index in [0.717, 1.165) is 9.87 Å². The Bertz CT molecular complexity index is 1050. The summed E-state index contributed by atoms with van der Waals surface area (Å²) in [5.74, 6) is -0.468. The van der Waals surface area contributed by atoms with Crippen LogP contribution >= 0.6 is 0 Å². The summed E-state index contributed by atoms with van der Waals surface area (Å²) in [4.78, 5) is 23.7. The fourth-order valence-electron chi connectivity index (χ4n) is 2.87. The maximum atomic E-state index is 12.9. The molecule has 8 nitrogen and oxygen atoms in total. The van der Waals surface area contributed by atoms with E-state index in [1.807, 2.05) is 13.0 Å². The van der Waals surface area contributed by atoms with Crippen molar-refractivity contribution in [3.63, 3.8) is 0 Å². The first-order valence-electron chi connectivity index (χ1n) is 8.57. The van der Waals surface area contributed by atoms with Gasteiger partial charge in [-0.3, -0.25) is 9.59 Å². The van der Waals surface area contributed by atoms with Crippen molar-refractivity contribution in [2.45, 2.75) is 18.7 Å². The molecule has 0 fully saturated rings. The van der Waals surface area contributed by atoms with Gasteiger partial charge >= 0.3 is 0 Å². The Morgan fingerprint density at radius 1 is 1.25 bits per heavy atom. The second kappa shape index (κ2) is 7.61. The van der Waals surface area contributed by atoms with Gasteiger partial charge in [-0.1, -0.05) is 12.1 Å². The molecule has 2 amide bonds. The quantitative estimate of drug-likeness (QED) is 0.793. The molecule has 0 aromatic heterocycles. The number of fused-ring (bicyclic) bond motifs is 1. The fourth-order valence-corrected chi connectivity index (χ4v) is 4.22. The number of benzene rings is 2. The molecule has 0 saturated heterocycles. The highest BCUT2D eigenvalue weighted by Crippen LogP contribution is 2.33. The predicted molar refractivity (Wildman–Crippen MR) is 105 cm³/mol. The van der Waals surface area contributed by atoms with Crippen molar-refractivity contribution in [2.75, 3.05) is 30.8 Å². The number of amides is 2. The number of aryl methyl sites for hydroxylation is 2. The summed E-state index contributed by atoms with van der Waals surface area (Å²) < 4.78 is 32.2. The number of hydrogen-bond donors (Lipinski definition) is 2. The summed E-state index contributed by atoms with van der Waals surface area (Å²) >= 11 is 0. The lowest BCUT2D eigenvalue weighted by molar-refractivity contribution is -0.118. The van der Waals surface area contributed by atoms with Gasteiger partial charge in [-0.05, 0) is 43.2 Å². The molecule has 0 unspecified atom stereocenters. The maximum Gasteiger partial charge on any atom is 0.262 e. The van der Waals surface area contributed by atoms with Gasteiger partial charge in [0, 0.05) is 18.8 Å². The first-order chi connectivity index (χ1) is 13.2. The molecule has 2 N–H and O–H groups in total. The number of ether oxygens (including phenoxy) is 1. The molecule has 0 atom stereocenters. The number of carbonyl (C=O) groups is 2. The Kier molecular flexibility index (Phi) is 5.39. The Morgan fingerprint density at radius 3 is 2.71 bits per heavy atom. The second-order valence-electron chi connectivity index (χ2n) is 6.63. The zero-order valence-electron chi connectivity index (χ0n) is 15.8. The van der Waals surface area contributed by atoms with Gasteiger partial charge in [0.2, 0.25) is 15.9 Å². The lowest BCUT2D eigenvalue weighted by Gasteiger charge is -2.22. The van der Waals surface area contributed by atoms with Crippen LogP contribution in [0.15, 0.2) is 41.3 Å². The van der Waals surface area contributed by atoms with Gasteiger partial charge in [0.15, 0.2) is 6.61 Å². The molecular formula is C19H21N3O5S. The van der Waals surface area contributed by atoms with Crippen molar-refractivity contribution in [1.29, 1.82) is 0 Å². The summed E-state index contributed by atoms with van der Waals surface area (Å²) in [6.45, 7) is 3.00. The topological polar surface area (TPSA) is 105 Å². The summed E-state index contributed by atoms with van der Waals surface area (Å²) in [5, 5.41) is 5.33. The molecule has 3 rings (SSSR count). The molecule has 148 valence electrons. The van der Waals surface area contributed by atoms with Crippen molar-refractivity contribution in [3.05, 3.63) is 47.5 Å². The molecule has 0 spiro atoms. The van der Waals surface area contributed by atoms with Gasteiger partial charge in [0.05, 0.1) is 17.1 Å². The number of hydrogen-bond acceptors (Lipinski definition) is 5. The van der Waals surface area contributed by atoms with Gasteiger partial charge in [-0.25, -0.2) is 8.42 Å². The lowest BCUT2D eigenvalue weighted by atomic mass is 10.2. The van der Waals surface area contributed by atoms with E-state index >= 15 is 0 Å². The van der Waals surface area contributed by atoms with Crippen LogP contribution in [-0.2, 0) is 19.6 Å². The summed E-state index contributed by atoms with van der Waals surface area (Å²) in [5.41, 5.74) is 2.45. The van der Waals surface area contributed by atoms with Crippen molar-refractivity contribution < 1.29 is 22.7 Å². The second-order valence-corrected chi connectivity index (χ2v) is 8.64. The molecule has 0 aliphatic carbocycles. The third-order valence-electron chi connectivity index (χ3n) is 4.27. The van der Waals surface area contributed by atoms with Crippen LogP contribution in [0.2, 0.25) is 0 Å². The molecule has 1 aliphatic heterocycles. The normalized spacial score (nSPS) is 13.5. The molecule has 2 aromatic carbocycles. The minimum Gasteiger partial charge on any atom is -0.482 e. The van der Waals surface area contributed by atoms with Crippen LogP contribution in [-0.4, -0.2) is 44.7 Å². The number of nitrogens with zero attached hydrogens (tertiary/aromatic N) is 1. The van der Waals surface area contributed by atoms with Crippen LogP contribution < -0.4 is 15.4 Å². The first kappa shape index (κ1) is 19.8. The van der Waals surface area contributed by atoms with E-state index in [0.29, 0.717) is 16.9 Å². The molecule has 1 heterocycles. The van der Waals surface area contributed by atoms with Crippen molar-refractivity contribution in [2.24, 2.45) is 0 Å². The number of rotatable bonds is 5. The van der Waals surface area contributed by atoms with E-state index in [9.17, 15) is 18.0 Å². The highest BCUT2D eigenvalue weighted by atomic mass is 32.2. The number of likely N-dealkylation sites (N-methyl/N-ethyl adjacent to an activating group) is 1. The van der Waals surface area contributed by atoms with Crippen LogP contribution in [0.1, 0.15) is 11.1 Å². The van der Waals surface area contributed by atoms with Gasteiger partial charge < -0.3 is 15.4 Å². The fraction of sp³-hybridized carbons (Fsp3) is 0.263. The Balaban J connectivity index is 1.78. The van der Waals surface area contributed by atoms with Crippen LogP contribution in [0, 0.1) is 13.8 Å². The van der Waals surface area contributed by atoms with E-state index in [2.05, 4.69) is 10.6 Å². The first-order valence-corrected chi connectivity index (χ1v) is 10.0. The minimum atomic E-state index is -3.93. The Hall–Kier alpha value is -2.91. The lowest BCUT2D eigenvalue weighted by Crippen LogP contribution is -2.35. The monoisotopic (exact) mass is 403 g/mol. The van der Waals surface area contributed by atoms with Crippen molar-refractivity contribution in [1.82, 2.24) is 4.31 Å². The van der Waals surface area contributed by atoms with Crippen LogP contribution in [0.3, 0.4) is 0 Å². The molecule has 0 bridgehead atoms. The molecule has 1 aliphatic rings. The zero-order chi connectivity index (χ0) is 20.5. The highest BCUT2D eigenvalue weighted by Gasteiger charge is 2.28. The predicted octanol–water partition coefficient (Wildman–Crippen LogP) is 1.89. The number of sulfonamides is 1. The maximum absolute atomic E-state index is 12.9. The van der Waals surface area contributed by atoms with E-state index in [1.54, 1.807) is 31.2 Å². The van der Waals surface area contributed by atoms with E-state index in [1.165, 1.54) is 13.1 Å². The average molecular weight is 403 g/mol. The molecular weight excluding hydrogens is 382 g/mol. The van der Waals surface area contributed by atoms with Gasteiger partial charge in [-0.2, -0.15) is 4.31 Å². The summed E-state index contributed by atoms with van der Waals surface area (Å²) in [6, 6.07) is 10.1. The minimum absolute atomic E-state index is 0.0215. The van der Waals surface area contributed by atoms with Gasteiger partial charge in [0.1, 0.15) is 5.75 Å². The number of carbonyl (C=O) groups excluding carboxylic acids is 2. The molecule has 28 heavy (non-hydrogen) atoms. The van der Waals surface area contributed by atoms with Crippen LogP contribution in [0.5, 0.6) is 5.75 Å². The van der Waals surface area contributed by atoms with E-state index in [-0.39, 0.29) is 29.7 Å². The van der Waals surface area contributed by atoms with Crippen molar-refractivity contribution in [3.8, 4) is 5.75 Å². The molecule has 2 aromatic rings. The standard InChI is InChI=1S/C19H21N3O5S/c1-12-5-4-6-14(7-12)20-18(23)10-22(3)28(25,26)17-9-16-15(8-13(17)2)21-19(24)11-27-16/h4-9H,10-11H2,1-3H3,(H,20,23)(H,21,24). The Morgan fingerprint density at radius 2 is 2.00 bits per heavy atom. The Labute approximate surface area is 163 Å². The number of nitrogens with one attached hydrogen (secondary N) is 2. The largest absolute Gasteiger partial charge is 0.482 e. The zero-order valence-corrected chi connectivity index (χ0v) is 16.6. The van der Waals surface area contributed by atoms with Crippen LogP contribution in [0.4, 0.5) is 11.4 Å². The average Bonchev–Trinajstić information content (AvgIpc) is 2.60. The van der Waals surface area contributed by atoms with E-state index in [4.69, 9.17) is 4.74 Å². The van der Waals surface area contributed by atoms with Crippen LogP contribution in [0.25, 0.3) is 0 Å². The van der Waals surface area contributed by atoms with Crippen molar-refractivity contribution >= 4 is 33.2 Å². The number of anilines is 2. The molecule has 9 heteroatoms. The SMILES string of the molecule is Cc1cccc(NC(=O)CN(C)S(=O)(=O)c2cc3c(cc2C)NC(=O)CO3)c1. The third kappa shape index (κ3) is 4.15. The summed E-state index contributed by atoms with van der Waals surface area (Å²) in [7, 11) is -2.59. The highest BCUT2D eigenvalue weighted by molar-refractivity contribution is 7.89. The smallest absolute Gasteiger partial charge is 0.262 e. The summed E-state index contributed by atoms with van der Waals surface area (Å²) in [6.07, 6.45) is 0. The molecule has 0 radical (unpaired) electrons. The molecule has 0 saturated carbocycles.